The van der Waals surface area contributed by atoms with Crippen LogP contribution in [0.15, 0.2) is 10.3 Å². The minimum absolute atomic E-state index is 0. The van der Waals surface area contributed by atoms with Crippen molar-refractivity contribution in [3.05, 3.63) is 16.0 Å². The number of thiophene rings is 1. The molecule has 3 rings (SSSR count). The Balaban J connectivity index is 0.00000161. The van der Waals surface area contributed by atoms with Crippen molar-refractivity contribution in [2.45, 2.75) is 54.9 Å². The Morgan fingerprint density at radius 1 is 1.33 bits per heavy atom. The number of nitrogens with zero attached hydrogens (tertiary/aromatic N) is 1. The lowest BCUT2D eigenvalue weighted by molar-refractivity contribution is 0.252. The van der Waals surface area contributed by atoms with Gasteiger partial charge in [-0.2, -0.15) is 4.31 Å². The van der Waals surface area contributed by atoms with Gasteiger partial charge in [0, 0.05) is 25.2 Å². The van der Waals surface area contributed by atoms with Gasteiger partial charge < -0.3 is 5.32 Å². The molecule has 0 amide bonds. The Bertz CT molecular complexity index is 586. The van der Waals surface area contributed by atoms with Crippen LogP contribution < -0.4 is 5.32 Å². The van der Waals surface area contributed by atoms with E-state index in [0.29, 0.717) is 20.6 Å². The highest BCUT2D eigenvalue weighted by Crippen LogP contribution is 2.35. The summed E-state index contributed by atoms with van der Waals surface area (Å²) in [5, 5.41) is 3.54. The molecule has 0 aromatic carbocycles. The van der Waals surface area contributed by atoms with Crippen LogP contribution >= 0.6 is 35.3 Å². The maximum atomic E-state index is 12.7. The fourth-order valence-electron chi connectivity index (χ4n) is 3.22. The first-order chi connectivity index (χ1) is 9.38. The third kappa shape index (κ3) is 3.26. The summed E-state index contributed by atoms with van der Waals surface area (Å²) >= 11 is 7.16. The number of sulfonamides is 1. The van der Waals surface area contributed by atoms with Crippen LogP contribution in [-0.2, 0) is 10.0 Å². The van der Waals surface area contributed by atoms with Crippen LogP contribution in [0.5, 0.6) is 0 Å². The van der Waals surface area contributed by atoms with Crippen LogP contribution in [0.2, 0.25) is 4.34 Å². The molecule has 2 atom stereocenters. The minimum atomic E-state index is -3.42. The second-order valence-corrected chi connectivity index (χ2v) is 9.69. The average Bonchev–Trinajstić information content (AvgIpc) is 2.92. The standard InChI is InChI=1S/C13H19ClN2O2S2.ClH/c1-8-5-12(19-13(8)14)20(17,18)16(2)11-6-9-3-4-10(7-11)15-9;/h5,9-11,15H,3-4,6-7H2,1-2H3;1H. The number of rotatable bonds is 3. The molecule has 2 bridgehead atoms. The molecule has 21 heavy (non-hydrogen) atoms. The lowest BCUT2D eigenvalue weighted by Gasteiger charge is -2.34. The molecule has 1 N–H and O–H groups in total. The highest BCUT2D eigenvalue weighted by atomic mass is 35.5. The van der Waals surface area contributed by atoms with Gasteiger partial charge in [0.15, 0.2) is 0 Å². The predicted molar refractivity (Wildman–Crippen MR) is 89.2 cm³/mol. The van der Waals surface area contributed by atoms with Gasteiger partial charge in [-0.3, -0.25) is 0 Å². The maximum absolute atomic E-state index is 12.7. The molecule has 3 heterocycles. The minimum Gasteiger partial charge on any atom is -0.311 e. The van der Waals surface area contributed by atoms with Crippen LogP contribution in [0.4, 0.5) is 0 Å². The van der Waals surface area contributed by atoms with Crippen LogP contribution in [0, 0.1) is 6.92 Å². The number of nitrogens with one attached hydrogen (secondary N) is 1. The second-order valence-electron chi connectivity index (χ2n) is 5.81. The molecule has 2 unspecified atom stereocenters. The van der Waals surface area contributed by atoms with E-state index in [4.69, 9.17) is 11.6 Å². The quantitative estimate of drug-likeness (QED) is 0.889. The van der Waals surface area contributed by atoms with Gasteiger partial charge in [0.25, 0.3) is 10.0 Å². The van der Waals surface area contributed by atoms with Crippen molar-refractivity contribution in [2.24, 2.45) is 0 Å². The van der Waals surface area contributed by atoms with E-state index >= 15 is 0 Å². The number of piperidine rings is 1. The van der Waals surface area contributed by atoms with Gasteiger partial charge in [-0.1, -0.05) is 11.6 Å². The van der Waals surface area contributed by atoms with Crippen molar-refractivity contribution in [1.29, 1.82) is 0 Å². The van der Waals surface area contributed by atoms with E-state index in [1.807, 2.05) is 6.92 Å². The number of halogens is 2. The molecule has 4 nitrogen and oxygen atoms in total. The Morgan fingerprint density at radius 2 is 1.90 bits per heavy atom. The predicted octanol–water partition coefficient (Wildman–Crippen LogP) is 3.04. The summed E-state index contributed by atoms with van der Waals surface area (Å²) in [6.07, 6.45) is 4.15. The molecule has 2 aliphatic rings. The molecule has 120 valence electrons. The van der Waals surface area contributed by atoms with E-state index in [2.05, 4.69) is 5.32 Å². The first kappa shape index (κ1) is 17.5. The maximum Gasteiger partial charge on any atom is 0.252 e. The fraction of sp³-hybridized carbons (Fsp3) is 0.692. The van der Waals surface area contributed by atoms with E-state index < -0.39 is 10.0 Å². The highest BCUT2D eigenvalue weighted by Gasteiger charge is 2.39. The highest BCUT2D eigenvalue weighted by molar-refractivity contribution is 7.91. The molecule has 0 aliphatic carbocycles. The molecule has 8 heteroatoms. The topological polar surface area (TPSA) is 49.4 Å². The molecule has 2 saturated heterocycles. The van der Waals surface area contributed by atoms with Crippen LogP contribution in [0.3, 0.4) is 0 Å². The van der Waals surface area contributed by atoms with Crippen molar-refractivity contribution in [1.82, 2.24) is 9.62 Å². The lowest BCUT2D eigenvalue weighted by atomic mass is 10.0. The summed E-state index contributed by atoms with van der Waals surface area (Å²) in [6, 6.07) is 2.73. The molecular formula is C13H20Cl2N2O2S2. The molecule has 0 spiro atoms. The summed E-state index contributed by atoms with van der Waals surface area (Å²) < 4.78 is 27.8. The largest absolute Gasteiger partial charge is 0.311 e. The summed E-state index contributed by atoms with van der Waals surface area (Å²) in [4.78, 5) is 0. The zero-order valence-electron chi connectivity index (χ0n) is 12.0. The second kappa shape index (κ2) is 6.34. The van der Waals surface area contributed by atoms with Crippen LogP contribution in [0.25, 0.3) is 0 Å². The van der Waals surface area contributed by atoms with E-state index in [1.54, 1.807) is 17.4 Å². The van der Waals surface area contributed by atoms with Crippen molar-refractivity contribution in [3.8, 4) is 0 Å². The first-order valence-electron chi connectivity index (χ1n) is 6.88. The number of hydrogen-bond donors (Lipinski definition) is 1. The monoisotopic (exact) mass is 370 g/mol. The average molecular weight is 371 g/mol. The van der Waals surface area contributed by atoms with Gasteiger partial charge in [0.2, 0.25) is 0 Å². The summed E-state index contributed by atoms with van der Waals surface area (Å²) in [7, 11) is -1.72. The summed E-state index contributed by atoms with van der Waals surface area (Å²) in [5.41, 5.74) is 0.828. The van der Waals surface area contributed by atoms with E-state index in [-0.39, 0.29) is 18.4 Å². The number of hydrogen-bond acceptors (Lipinski definition) is 4. The fourth-order valence-corrected chi connectivity index (χ4v) is 6.49. The van der Waals surface area contributed by atoms with Crippen molar-refractivity contribution in [2.75, 3.05) is 7.05 Å². The van der Waals surface area contributed by atoms with Crippen molar-refractivity contribution in [3.63, 3.8) is 0 Å². The molecule has 0 saturated carbocycles. The molecule has 2 fully saturated rings. The molecular weight excluding hydrogens is 351 g/mol. The molecule has 2 aliphatic heterocycles. The van der Waals surface area contributed by atoms with Gasteiger partial charge in [0.05, 0.1) is 4.34 Å². The molecule has 1 aromatic heterocycles. The third-order valence-corrected chi connectivity index (χ3v) is 8.34. The zero-order valence-corrected chi connectivity index (χ0v) is 15.2. The van der Waals surface area contributed by atoms with Crippen molar-refractivity contribution < 1.29 is 8.42 Å². The summed E-state index contributed by atoms with van der Waals surface area (Å²) in [6.45, 7) is 1.84. The smallest absolute Gasteiger partial charge is 0.252 e. The lowest BCUT2D eigenvalue weighted by Crippen LogP contribution is -2.48. The summed E-state index contributed by atoms with van der Waals surface area (Å²) in [5.74, 6) is 0. The Labute approximate surface area is 141 Å². The van der Waals surface area contributed by atoms with Crippen LogP contribution in [-0.4, -0.2) is 37.9 Å². The Hall–Kier alpha value is 0.150. The molecule has 1 aromatic rings. The zero-order chi connectivity index (χ0) is 14.5. The van der Waals surface area contributed by atoms with Gasteiger partial charge in [-0.15, -0.1) is 23.7 Å². The van der Waals surface area contributed by atoms with Crippen molar-refractivity contribution >= 4 is 45.4 Å². The van der Waals surface area contributed by atoms with Gasteiger partial charge in [-0.25, -0.2) is 8.42 Å². The van der Waals surface area contributed by atoms with E-state index in [1.165, 1.54) is 12.8 Å². The van der Waals surface area contributed by atoms with Gasteiger partial charge >= 0.3 is 0 Å². The Kier molecular flexibility index (Phi) is 5.28. The third-order valence-electron chi connectivity index (χ3n) is 4.43. The van der Waals surface area contributed by atoms with Gasteiger partial charge in [0.1, 0.15) is 4.21 Å². The normalized spacial score (nSPS) is 28.7. The van der Waals surface area contributed by atoms with E-state index in [0.717, 1.165) is 29.7 Å². The van der Waals surface area contributed by atoms with E-state index in [9.17, 15) is 8.42 Å². The van der Waals surface area contributed by atoms with Crippen LogP contribution in [0.1, 0.15) is 31.2 Å². The first-order valence-corrected chi connectivity index (χ1v) is 9.51. The molecule has 0 radical (unpaired) electrons. The Morgan fingerprint density at radius 3 is 2.38 bits per heavy atom. The SMILES string of the molecule is Cc1cc(S(=O)(=O)N(C)C2CC3CCC(C2)N3)sc1Cl.Cl. The number of aryl methyl sites for hydroxylation is 1. The van der Waals surface area contributed by atoms with Gasteiger partial charge in [-0.05, 0) is 44.2 Å². The number of fused-ring (bicyclic) bond motifs is 2.